The van der Waals surface area contributed by atoms with Crippen molar-refractivity contribution in [1.29, 1.82) is 0 Å². The lowest BCUT2D eigenvalue weighted by molar-refractivity contribution is -0.384. The molecule has 0 aliphatic rings. The molecule has 8 nitrogen and oxygen atoms in total. The molecule has 25 heavy (non-hydrogen) atoms. The van der Waals surface area contributed by atoms with E-state index < -0.39 is 10.8 Å². The largest absolute Gasteiger partial charge is 0.459 e. The number of nitro groups is 1. The van der Waals surface area contributed by atoms with Crippen LogP contribution in [0.25, 0.3) is 6.08 Å². The van der Waals surface area contributed by atoms with Crippen LogP contribution in [-0.4, -0.2) is 29.8 Å². The molecule has 0 saturated carbocycles. The van der Waals surface area contributed by atoms with Crippen LogP contribution < -0.4 is 10.6 Å². The molecule has 2 rings (SSSR count). The Labute approximate surface area is 147 Å². The fourth-order valence-corrected chi connectivity index (χ4v) is 2.05. The van der Waals surface area contributed by atoms with Gasteiger partial charge < -0.3 is 15.1 Å². The van der Waals surface area contributed by atoms with E-state index in [0.717, 1.165) is 0 Å². The number of amides is 2. The molecular formula is C16H14ClN3O5. The first-order valence-corrected chi connectivity index (χ1v) is 7.56. The molecule has 0 saturated heterocycles. The summed E-state index contributed by atoms with van der Waals surface area (Å²) >= 11 is 5.71. The third-order valence-electron chi connectivity index (χ3n) is 3.05. The fourth-order valence-electron chi connectivity index (χ4n) is 1.86. The summed E-state index contributed by atoms with van der Waals surface area (Å²) in [5, 5.41) is 16.0. The molecule has 0 aliphatic heterocycles. The summed E-state index contributed by atoms with van der Waals surface area (Å²) in [5.41, 5.74) is 0.238. The van der Waals surface area contributed by atoms with Gasteiger partial charge in [0.05, 0.1) is 11.2 Å². The van der Waals surface area contributed by atoms with E-state index in [1.54, 1.807) is 12.1 Å². The Morgan fingerprint density at radius 1 is 1.24 bits per heavy atom. The highest BCUT2D eigenvalue weighted by atomic mass is 35.5. The van der Waals surface area contributed by atoms with Crippen molar-refractivity contribution < 1.29 is 18.9 Å². The topological polar surface area (TPSA) is 114 Å². The van der Waals surface area contributed by atoms with E-state index >= 15 is 0 Å². The number of rotatable bonds is 7. The lowest BCUT2D eigenvalue weighted by Gasteiger charge is -2.04. The molecule has 130 valence electrons. The summed E-state index contributed by atoms with van der Waals surface area (Å²) in [6, 6.07) is 7.35. The molecule has 0 radical (unpaired) electrons. The second-order valence-corrected chi connectivity index (χ2v) is 5.23. The van der Waals surface area contributed by atoms with Gasteiger partial charge in [-0.2, -0.15) is 0 Å². The molecule has 2 amide bonds. The minimum Gasteiger partial charge on any atom is -0.459 e. The molecule has 2 aromatic rings. The number of carbonyl (C=O) groups excluding carboxylic acids is 2. The monoisotopic (exact) mass is 363 g/mol. The van der Waals surface area contributed by atoms with Crippen molar-refractivity contribution in [3.63, 3.8) is 0 Å². The SMILES string of the molecule is O=C(/C=C/c1ccc(Cl)c([N+](=O)[O-])c1)NCCNC(=O)c1ccco1. The number of hydrogen-bond acceptors (Lipinski definition) is 5. The van der Waals surface area contributed by atoms with E-state index in [1.807, 2.05) is 0 Å². The molecule has 0 atom stereocenters. The molecule has 0 unspecified atom stereocenters. The van der Waals surface area contributed by atoms with Crippen LogP contribution >= 0.6 is 11.6 Å². The van der Waals surface area contributed by atoms with Crippen molar-refractivity contribution in [3.05, 3.63) is 69.1 Å². The number of furan rings is 1. The zero-order valence-corrected chi connectivity index (χ0v) is 13.7. The number of hydrogen-bond donors (Lipinski definition) is 2. The second kappa shape index (κ2) is 8.65. The summed E-state index contributed by atoms with van der Waals surface area (Å²) in [5.74, 6) is -0.580. The molecule has 0 aliphatic carbocycles. The van der Waals surface area contributed by atoms with Gasteiger partial charge in [-0.3, -0.25) is 19.7 Å². The maximum Gasteiger partial charge on any atom is 0.288 e. The summed E-state index contributed by atoms with van der Waals surface area (Å²) < 4.78 is 4.93. The van der Waals surface area contributed by atoms with Crippen molar-refractivity contribution in [2.24, 2.45) is 0 Å². The van der Waals surface area contributed by atoms with Crippen LogP contribution in [0.1, 0.15) is 16.1 Å². The van der Waals surface area contributed by atoms with Gasteiger partial charge in [0.2, 0.25) is 5.91 Å². The molecule has 0 fully saturated rings. The fraction of sp³-hybridized carbons (Fsp3) is 0.125. The van der Waals surface area contributed by atoms with Gasteiger partial charge in [0, 0.05) is 25.2 Å². The average molecular weight is 364 g/mol. The van der Waals surface area contributed by atoms with E-state index in [0.29, 0.717) is 5.56 Å². The standard InChI is InChI=1S/C16H14ClN3O5/c17-12-5-3-11(10-13(12)20(23)24)4-6-15(21)18-7-8-19-16(22)14-2-1-9-25-14/h1-6,9-10H,7-8H2,(H,18,21)(H,19,22)/b6-4+. The molecular weight excluding hydrogens is 350 g/mol. The van der Waals surface area contributed by atoms with Gasteiger partial charge in [-0.1, -0.05) is 17.7 Å². The molecule has 0 spiro atoms. The quantitative estimate of drug-likeness (QED) is 0.339. The van der Waals surface area contributed by atoms with Crippen molar-refractivity contribution >= 4 is 35.2 Å². The summed E-state index contributed by atoms with van der Waals surface area (Å²) in [4.78, 5) is 33.5. The molecule has 0 bridgehead atoms. The van der Waals surface area contributed by atoms with Crippen molar-refractivity contribution in [2.75, 3.05) is 13.1 Å². The zero-order chi connectivity index (χ0) is 18.2. The number of carbonyl (C=O) groups is 2. The number of halogens is 1. The Morgan fingerprint density at radius 2 is 2.00 bits per heavy atom. The molecule has 1 heterocycles. The van der Waals surface area contributed by atoms with Gasteiger partial charge in [0.15, 0.2) is 5.76 Å². The van der Waals surface area contributed by atoms with Gasteiger partial charge in [0.1, 0.15) is 5.02 Å². The molecule has 1 aromatic carbocycles. The number of nitrogens with one attached hydrogen (secondary N) is 2. The van der Waals surface area contributed by atoms with Gasteiger partial charge in [0.25, 0.3) is 11.6 Å². The highest BCUT2D eigenvalue weighted by Crippen LogP contribution is 2.25. The number of nitrogens with zero attached hydrogens (tertiary/aromatic N) is 1. The molecule has 9 heteroatoms. The Hall–Kier alpha value is -3.13. The summed E-state index contributed by atoms with van der Waals surface area (Å²) in [6.07, 6.45) is 4.06. The minimum atomic E-state index is -0.596. The summed E-state index contributed by atoms with van der Waals surface area (Å²) in [6.45, 7) is 0.446. The van der Waals surface area contributed by atoms with E-state index in [1.165, 1.54) is 36.6 Å². The van der Waals surface area contributed by atoms with E-state index in [-0.39, 0.29) is 35.5 Å². The van der Waals surface area contributed by atoms with Crippen molar-refractivity contribution in [3.8, 4) is 0 Å². The lowest BCUT2D eigenvalue weighted by Crippen LogP contribution is -2.33. The Bertz CT molecular complexity index is 802. The lowest BCUT2D eigenvalue weighted by atomic mass is 10.2. The van der Waals surface area contributed by atoms with Crippen LogP contribution in [0, 0.1) is 10.1 Å². The van der Waals surface area contributed by atoms with Crippen molar-refractivity contribution in [2.45, 2.75) is 0 Å². The molecule has 1 aromatic heterocycles. The highest BCUT2D eigenvalue weighted by Gasteiger charge is 2.11. The first kappa shape index (κ1) is 18.2. The number of nitro benzene ring substituents is 1. The first-order chi connectivity index (χ1) is 12.0. The first-order valence-electron chi connectivity index (χ1n) is 7.19. The van der Waals surface area contributed by atoms with Crippen molar-refractivity contribution in [1.82, 2.24) is 10.6 Å². The minimum absolute atomic E-state index is 0.0268. The number of benzene rings is 1. The third-order valence-corrected chi connectivity index (χ3v) is 3.37. The van der Waals surface area contributed by atoms with Crippen LogP contribution in [0.2, 0.25) is 5.02 Å². The Kier molecular flexibility index (Phi) is 6.30. The zero-order valence-electron chi connectivity index (χ0n) is 12.9. The smallest absolute Gasteiger partial charge is 0.288 e. The van der Waals surface area contributed by atoms with Gasteiger partial charge in [-0.05, 0) is 29.8 Å². The molecule has 2 N–H and O–H groups in total. The Morgan fingerprint density at radius 3 is 2.68 bits per heavy atom. The Balaban J connectivity index is 1.78. The normalized spacial score (nSPS) is 10.6. The van der Waals surface area contributed by atoms with E-state index in [9.17, 15) is 19.7 Å². The van der Waals surface area contributed by atoms with Gasteiger partial charge in [-0.15, -0.1) is 0 Å². The average Bonchev–Trinajstić information content (AvgIpc) is 3.12. The maximum absolute atomic E-state index is 11.7. The predicted octanol–water partition coefficient (Wildman–Crippen LogP) is 2.40. The van der Waals surface area contributed by atoms with Crippen LogP contribution in [0.15, 0.2) is 47.1 Å². The van der Waals surface area contributed by atoms with E-state index in [4.69, 9.17) is 16.0 Å². The maximum atomic E-state index is 11.7. The second-order valence-electron chi connectivity index (χ2n) is 4.83. The van der Waals surface area contributed by atoms with Crippen LogP contribution in [0.4, 0.5) is 5.69 Å². The van der Waals surface area contributed by atoms with Crippen LogP contribution in [0.5, 0.6) is 0 Å². The van der Waals surface area contributed by atoms with Gasteiger partial charge in [-0.25, -0.2) is 0 Å². The summed E-state index contributed by atoms with van der Waals surface area (Å²) in [7, 11) is 0. The predicted molar refractivity (Wildman–Crippen MR) is 91.2 cm³/mol. The van der Waals surface area contributed by atoms with E-state index in [2.05, 4.69) is 10.6 Å². The third kappa shape index (κ3) is 5.47. The van der Waals surface area contributed by atoms with Gasteiger partial charge >= 0.3 is 0 Å². The highest BCUT2D eigenvalue weighted by molar-refractivity contribution is 6.32. The van der Waals surface area contributed by atoms with Crippen LogP contribution in [-0.2, 0) is 4.79 Å². The van der Waals surface area contributed by atoms with Crippen LogP contribution in [0.3, 0.4) is 0 Å².